The number of carbonyl (C=O) groups excluding carboxylic acids is 1. The molecule has 0 saturated carbocycles. The lowest BCUT2D eigenvalue weighted by Crippen LogP contribution is -2.48. The second-order valence-corrected chi connectivity index (χ2v) is 7.47. The quantitative estimate of drug-likeness (QED) is 0.669. The lowest BCUT2D eigenvalue weighted by molar-refractivity contribution is -0.126. The highest BCUT2D eigenvalue weighted by atomic mass is 19.3. The van der Waals surface area contributed by atoms with E-state index in [0.717, 1.165) is 22.9 Å². The number of ether oxygens (including phenoxy) is 1. The number of halogens is 2. The molecule has 30 heavy (non-hydrogen) atoms. The van der Waals surface area contributed by atoms with Crippen LogP contribution < -0.4 is 9.64 Å². The summed E-state index contributed by atoms with van der Waals surface area (Å²) in [4.78, 5) is 25.6. The van der Waals surface area contributed by atoms with Gasteiger partial charge < -0.3 is 14.5 Å². The number of alkyl halides is 2. The molecule has 2 heterocycles. The molecule has 2 aromatic rings. The zero-order valence-electron chi connectivity index (χ0n) is 17.4. The Morgan fingerprint density at radius 3 is 2.37 bits per heavy atom. The molecule has 1 saturated heterocycles. The molecule has 0 spiro atoms. The van der Waals surface area contributed by atoms with Crippen LogP contribution >= 0.6 is 0 Å². The van der Waals surface area contributed by atoms with Gasteiger partial charge in [0.1, 0.15) is 17.4 Å². The fourth-order valence-corrected chi connectivity index (χ4v) is 3.18. The third-order valence-electron chi connectivity index (χ3n) is 4.81. The van der Waals surface area contributed by atoms with Gasteiger partial charge in [0, 0.05) is 49.9 Å². The minimum absolute atomic E-state index is 0.0794. The van der Waals surface area contributed by atoms with Crippen molar-refractivity contribution in [2.75, 3.05) is 31.1 Å². The van der Waals surface area contributed by atoms with E-state index in [4.69, 9.17) is 0 Å². The molecule has 0 unspecified atom stereocenters. The molecular formula is C22H26F2N4O2. The van der Waals surface area contributed by atoms with E-state index in [0.29, 0.717) is 26.2 Å². The fourth-order valence-electron chi connectivity index (χ4n) is 3.18. The molecule has 1 aliphatic rings. The number of benzene rings is 1. The van der Waals surface area contributed by atoms with Gasteiger partial charge in [0.15, 0.2) is 0 Å². The SMILES string of the molecule is Cc1cc(N2CCN(C(=O)/C=C/c3ccc(OC(F)F)cc3)CC2)nc(C(C)C)n1. The molecule has 1 aromatic carbocycles. The summed E-state index contributed by atoms with van der Waals surface area (Å²) in [5.41, 5.74) is 1.68. The number of nitrogens with zero attached hydrogens (tertiary/aromatic N) is 4. The van der Waals surface area contributed by atoms with E-state index in [9.17, 15) is 13.6 Å². The van der Waals surface area contributed by atoms with Gasteiger partial charge in [-0.25, -0.2) is 9.97 Å². The van der Waals surface area contributed by atoms with Gasteiger partial charge in [0.05, 0.1) is 0 Å². The Morgan fingerprint density at radius 2 is 1.77 bits per heavy atom. The van der Waals surface area contributed by atoms with Crippen LogP contribution in [-0.2, 0) is 4.79 Å². The zero-order chi connectivity index (χ0) is 21.7. The van der Waals surface area contributed by atoms with Gasteiger partial charge in [-0.1, -0.05) is 26.0 Å². The van der Waals surface area contributed by atoms with Crippen LogP contribution in [0.3, 0.4) is 0 Å². The lowest BCUT2D eigenvalue weighted by Gasteiger charge is -2.35. The number of aryl methyl sites for hydroxylation is 1. The molecule has 3 rings (SSSR count). The van der Waals surface area contributed by atoms with E-state index < -0.39 is 6.61 Å². The number of hydrogen-bond acceptors (Lipinski definition) is 5. The Hall–Kier alpha value is -3.03. The van der Waals surface area contributed by atoms with Crippen LogP contribution in [0.1, 0.15) is 36.8 Å². The van der Waals surface area contributed by atoms with Crippen molar-refractivity contribution < 1.29 is 18.3 Å². The van der Waals surface area contributed by atoms with E-state index in [1.807, 2.05) is 13.0 Å². The van der Waals surface area contributed by atoms with E-state index >= 15 is 0 Å². The summed E-state index contributed by atoms with van der Waals surface area (Å²) in [5.74, 6) is 2.00. The Morgan fingerprint density at radius 1 is 1.10 bits per heavy atom. The number of hydrogen-bond donors (Lipinski definition) is 0. The summed E-state index contributed by atoms with van der Waals surface area (Å²) in [7, 11) is 0. The zero-order valence-corrected chi connectivity index (χ0v) is 17.4. The van der Waals surface area contributed by atoms with Crippen LogP contribution in [0, 0.1) is 6.92 Å². The average Bonchev–Trinajstić information content (AvgIpc) is 2.72. The normalized spacial score (nSPS) is 14.8. The van der Waals surface area contributed by atoms with Crippen molar-refractivity contribution in [2.45, 2.75) is 33.3 Å². The molecule has 0 bridgehead atoms. The average molecular weight is 416 g/mol. The summed E-state index contributed by atoms with van der Waals surface area (Å²) in [5, 5.41) is 0. The second-order valence-electron chi connectivity index (χ2n) is 7.47. The van der Waals surface area contributed by atoms with Gasteiger partial charge >= 0.3 is 6.61 Å². The maximum Gasteiger partial charge on any atom is 0.387 e. The summed E-state index contributed by atoms with van der Waals surface area (Å²) in [6.07, 6.45) is 3.17. The summed E-state index contributed by atoms with van der Waals surface area (Å²) in [6, 6.07) is 8.13. The molecule has 1 amide bonds. The van der Waals surface area contributed by atoms with Gasteiger partial charge in [0.2, 0.25) is 5.91 Å². The summed E-state index contributed by atoms with van der Waals surface area (Å²) >= 11 is 0. The van der Waals surface area contributed by atoms with Crippen molar-refractivity contribution in [3.05, 3.63) is 53.5 Å². The first-order chi connectivity index (χ1) is 14.3. The number of piperazine rings is 1. The van der Waals surface area contributed by atoms with Gasteiger partial charge in [0.25, 0.3) is 0 Å². The van der Waals surface area contributed by atoms with Crippen LogP contribution in [0.25, 0.3) is 6.08 Å². The molecule has 0 N–H and O–H groups in total. The van der Waals surface area contributed by atoms with E-state index in [1.165, 1.54) is 18.2 Å². The molecule has 1 aromatic heterocycles. The number of aromatic nitrogens is 2. The van der Waals surface area contributed by atoms with Crippen LogP contribution in [0.4, 0.5) is 14.6 Å². The van der Waals surface area contributed by atoms with Crippen molar-refractivity contribution in [1.29, 1.82) is 0 Å². The first-order valence-electron chi connectivity index (χ1n) is 9.94. The molecule has 0 aliphatic carbocycles. The molecule has 1 fully saturated rings. The Balaban J connectivity index is 1.56. The monoisotopic (exact) mass is 416 g/mol. The van der Waals surface area contributed by atoms with Crippen molar-refractivity contribution in [1.82, 2.24) is 14.9 Å². The van der Waals surface area contributed by atoms with Crippen LogP contribution in [0.5, 0.6) is 5.75 Å². The molecule has 6 nitrogen and oxygen atoms in total. The molecule has 160 valence electrons. The minimum atomic E-state index is -2.85. The fraction of sp³-hybridized carbons (Fsp3) is 0.409. The lowest BCUT2D eigenvalue weighted by atomic mass is 10.2. The van der Waals surface area contributed by atoms with Crippen LogP contribution in [0.15, 0.2) is 36.4 Å². The predicted octanol–water partition coefficient (Wildman–Crippen LogP) is 3.87. The van der Waals surface area contributed by atoms with E-state index in [2.05, 4.69) is 33.5 Å². The smallest absolute Gasteiger partial charge is 0.387 e. The highest BCUT2D eigenvalue weighted by molar-refractivity contribution is 5.92. The maximum absolute atomic E-state index is 12.5. The third-order valence-corrected chi connectivity index (χ3v) is 4.81. The summed E-state index contributed by atoms with van der Waals surface area (Å²) < 4.78 is 28.7. The maximum atomic E-state index is 12.5. The van der Waals surface area contributed by atoms with Gasteiger partial charge in [-0.05, 0) is 30.7 Å². The number of rotatable bonds is 6. The van der Waals surface area contributed by atoms with E-state index in [1.54, 1.807) is 23.1 Å². The van der Waals surface area contributed by atoms with Crippen molar-refractivity contribution in [2.24, 2.45) is 0 Å². The summed E-state index contributed by atoms with van der Waals surface area (Å²) in [6.45, 7) is 5.86. The Bertz CT molecular complexity index is 893. The molecular weight excluding hydrogens is 390 g/mol. The topological polar surface area (TPSA) is 58.6 Å². The standard InChI is InChI=1S/C22H26F2N4O2/c1-15(2)21-25-16(3)14-19(26-21)27-10-12-28(13-11-27)20(29)9-6-17-4-7-18(8-5-17)30-22(23)24/h4-9,14-15,22H,10-13H2,1-3H3/b9-6+. The van der Waals surface area contributed by atoms with Gasteiger partial charge in [-0.2, -0.15) is 8.78 Å². The first-order valence-corrected chi connectivity index (χ1v) is 9.94. The van der Waals surface area contributed by atoms with Crippen molar-refractivity contribution in [3.63, 3.8) is 0 Å². The first kappa shape index (κ1) is 21.7. The van der Waals surface area contributed by atoms with Gasteiger partial charge in [-0.15, -0.1) is 0 Å². The Kier molecular flexibility index (Phi) is 6.97. The van der Waals surface area contributed by atoms with E-state index in [-0.39, 0.29) is 17.6 Å². The van der Waals surface area contributed by atoms with Crippen molar-refractivity contribution >= 4 is 17.8 Å². The second kappa shape index (κ2) is 9.65. The third kappa shape index (κ3) is 5.75. The highest BCUT2D eigenvalue weighted by Crippen LogP contribution is 2.19. The number of amides is 1. The molecule has 1 aliphatic heterocycles. The van der Waals surface area contributed by atoms with Crippen molar-refractivity contribution in [3.8, 4) is 5.75 Å². The largest absolute Gasteiger partial charge is 0.435 e. The Labute approximate surface area is 175 Å². The molecule has 8 heteroatoms. The predicted molar refractivity (Wildman–Crippen MR) is 112 cm³/mol. The van der Waals surface area contributed by atoms with Crippen LogP contribution in [-0.4, -0.2) is 53.6 Å². The number of carbonyl (C=O) groups is 1. The minimum Gasteiger partial charge on any atom is -0.435 e. The number of anilines is 1. The molecule has 0 atom stereocenters. The highest BCUT2D eigenvalue weighted by Gasteiger charge is 2.21. The van der Waals surface area contributed by atoms with Crippen LogP contribution in [0.2, 0.25) is 0 Å². The van der Waals surface area contributed by atoms with Gasteiger partial charge in [-0.3, -0.25) is 4.79 Å². The molecule has 0 radical (unpaired) electrons.